The molecule has 1 aliphatic rings. The number of nitrogens with zero attached hydrogens (tertiary/aromatic N) is 1. The van der Waals surface area contributed by atoms with Crippen LogP contribution in [0.2, 0.25) is 0 Å². The number of fused-ring (bicyclic) bond motifs is 1. The van der Waals surface area contributed by atoms with Crippen molar-refractivity contribution in [3.8, 4) is 5.75 Å². The van der Waals surface area contributed by atoms with Crippen LogP contribution in [0.5, 0.6) is 5.75 Å². The Hall–Kier alpha value is -2.17. The first kappa shape index (κ1) is 16.7. The third-order valence-electron chi connectivity index (χ3n) is 4.55. The van der Waals surface area contributed by atoms with Crippen LogP contribution in [-0.4, -0.2) is 29.1 Å². The van der Waals surface area contributed by atoms with Crippen LogP contribution >= 0.6 is 0 Å². The first-order valence-electron chi connectivity index (χ1n) is 8.41. The highest BCUT2D eigenvalue weighted by Gasteiger charge is 2.30. The number of carbonyl (C=O) groups excluding carboxylic acids is 1. The topological polar surface area (TPSA) is 49.8 Å². The molecular weight excluding hydrogens is 302 g/mol. The Bertz CT molecular complexity index is 687. The van der Waals surface area contributed by atoms with Crippen LogP contribution in [-0.2, 0) is 17.8 Å². The molecule has 0 bridgehead atoms. The summed E-state index contributed by atoms with van der Waals surface area (Å²) in [5, 5.41) is 10.1. The third-order valence-corrected chi connectivity index (χ3v) is 4.55. The van der Waals surface area contributed by atoms with E-state index in [4.69, 9.17) is 4.74 Å². The average molecular weight is 325 g/mol. The SMILES string of the molecule is CCC(O)N1CCc2cc(OCc3ccccc3)ccc2[C@H]1C=O. The van der Waals surface area contributed by atoms with Crippen LogP contribution in [0.4, 0.5) is 0 Å². The second-order valence-electron chi connectivity index (χ2n) is 6.09. The van der Waals surface area contributed by atoms with Gasteiger partial charge in [0.15, 0.2) is 0 Å². The summed E-state index contributed by atoms with van der Waals surface area (Å²) in [4.78, 5) is 13.4. The van der Waals surface area contributed by atoms with Gasteiger partial charge in [0.1, 0.15) is 24.9 Å². The lowest BCUT2D eigenvalue weighted by molar-refractivity contribution is -0.118. The molecule has 3 rings (SSSR count). The highest BCUT2D eigenvalue weighted by molar-refractivity contribution is 5.64. The number of rotatable bonds is 6. The smallest absolute Gasteiger partial charge is 0.141 e. The molecule has 1 aliphatic heterocycles. The van der Waals surface area contributed by atoms with Crippen molar-refractivity contribution >= 4 is 6.29 Å². The van der Waals surface area contributed by atoms with Gasteiger partial charge in [-0.3, -0.25) is 4.90 Å². The zero-order chi connectivity index (χ0) is 16.9. The standard InChI is InChI=1S/C20H23NO3/c1-2-20(23)21-11-10-16-12-17(8-9-18(16)19(21)13-22)24-14-15-6-4-3-5-7-15/h3-9,12-13,19-20,23H,2,10-11,14H2,1H3/t19-,20?/m1/s1. The lowest BCUT2D eigenvalue weighted by Gasteiger charge is -2.37. The molecular formula is C20H23NO3. The molecule has 0 aromatic heterocycles. The third kappa shape index (κ3) is 3.50. The van der Waals surface area contributed by atoms with Gasteiger partial charge in [-0.1, -0.05) is 43.3 Å². The van der Waals surface area contributed by atoms with Crippen molar-refractivity contribution < 1.29 is 14.6 Å². The number of aliphatic hydroxyl groups excluding tert-OH is 1. The molecule has 0 radical (unpaired) electrons. The van der Waals surface area contributed by atoms with E-state index in [9.17, 15) is 9.90 Å². The zero-order valence-corrected chi connectivity index (χ0v) is 13.9. The fourth-order valence-corrected chi connectivity index (χ4v) is 3.21. The number of aliphatic hydroxyl groups is 1. The van der Waals surface area contributed by atoms with E-state index in [0.717, 1.165) is 35.1 Å². The first-order chi connectivity index (χ1) is 11.7. The molecule has 0 aliphatic carbocycles. The van der Waals surface area contributed by atoms with Crippen molar-refractivity contribution in [3.63, 3.8) is 0 Å². The Morgan fingerprint density at radius 1 is 1.29 bits per heavy atom. The van der Waals surface area contributed by atoms with Crippen molar-refractivity contribution in [2.75, 3.05) is 6.54 Å². The number of hydrogen-bond donors (Lipinski definition) is 1. The molecule has 0 amide bonds. The van der Waals surface area contributed by atoms with Gasteiger partial charge in [-0.25, -0.2) is 0 Å². The van der Waals surface area contributed by atoms with E-state index >= 15 is 0 Å². The molecule has 2 atom stereocenters. The highest BCUT2D eigenvalue weighted by Crippen LogP contribution is 2.32. The zero-order valence-electron chi connectivity index (χ0n) is 13.9. The van der Waals surface area contributed by atoms with Crippen LogP contribution in [0.15, 0.2) is 48.5 Å². The molecule has 2 aromatic rings. The summed E-state index contributed by atoms with van der Waals surface area (Å²) in [6.07, 6.45) is 1.75. The van der Waals surface area contributed by atoms with E-state index in [1.165, 1.54) is 0 Å². The molecule has 1 heterocycles. The maximum absolute atomic E-state index is 11.6. The Labute approximate surface area is 142 Å². The summed E-state index contributed by atoms with van der Waals surface area (Å²) in [7, 11) is 0. The molecule has 0 saturated heterocycles. The molecule has 2 aromatic carbocycles. The maximum atomic E-state index is 11.6. The minimum atomic E-state index is -0.581. The maximum Gasteiger partial charge on any atom is 0.141 e. The van der Waals surface area contributed by atoms with Gasteiger partial charge >= 0.3 is 0 Å². The second-order valence-corrected chi connectivity index (χ2v) is 6.09. The minimum Gasteiger partial charge on any atom is -0.489 e. The molecule has 0 fully saturated rings. The van der Waals surface area contributed by atoms with Gasteiger partial charge in [-0.2, -0.15) is 0 Å². The Morgan fingerprint density at radius 2 is 2.08 bits per heavy atom. The summed E-state index contributed by atoms with van der Waals surface area (Å²) >= 11 is 0. The van der Waals surface area contributed by atoms with Crippen LogP contribution < -0.4 is 4.74 Å². The fraction of sp³-hybridized carbons (Fsp3) is 0.350. The number of carbonyl (C=O) groups is 1. The Balaban J connectivity index is 1.75. The van der Waals surface area contributed by atoms with Crippen molar-refractivity contribution in [1.29, 1.82) is 0 Å². The van der Waals surface area contributed by atoms with E-state index in [-0.39, 0.29) is 6.04 Å². The molecule has 4 heteroatoms. The predicted octanol–water partition coefficient (Wildman–Crippen LogP) is 3.09. The molecule has 0 spiro atoms. The lowest BCUT2D eigenvalue weighted by atomic mass is 9.92. The van der Waals surface area contributed by atoms with Gasteiger partial charge < -0.3 is 14.6 Å². The number of ether oxygens (including phenoxy) is 1. The van der Waals surface area contributed by atoms with Gasteiger partial charge in [0.2, 0.25) is 0 Å². The summed E-state index contributed by atoms with van der Waals surface area (Å²) in [6.45, 7) is 3.12. The largest absolute Gasteiger partial charge is 0.489 e. The minimum absolute atomic E-state index is 0.383. The summed E-state index contributed by atoms with van der Waals surface area (Å²) in [5.74, 6) is 0.812. The average Bonchev–Trinajstić information content (AvgIpc) is 2.65. The van der Waals surface area contributed by atoms with Crippen LogP contribution in [0.25, 0.3) is 0 Å². The Kier molecular flexibility index (Phi) is 5.28. The van der Waals surface area contributed by atoms with E-state index in [2.05, 4.69) is 0 Å². The lowest BCUT2D eigenvalue weighted by Crippen LogP contribution is -2.43. The summed E-state index contributed by atoms with van der Waals surface area (Å²) in [5.41, 5.74) is 3.21. The molecule has 24 heavy (non-hydrogen) atoms. The van der Waals surface area contributed by atoms with Gasteiger partial charge in [0.25, 0.3) is 0 Å². The van der Waals surface area contributed by atoms with E-state index in [0.29, 0.717) is 19.6 Å². The van der Waals surface area contributed by atoms with E-state index in [1.807, 2.05) is 60.4 Å². The van der Waals surface area contributed by atoms with E-state index in [1.54, 1.807) is 0 Å². The molecule has 126 valence electrons. The second kappa shape index (κ2) is 7.60. The molecule has 1 unspecified atom stereocenters. The van der Waals surface area contributed by atoms with Gasteiger partial charge in [0, 0.05) is 6.54 Å². The molecule has 4 nitrogen and oxygen atoms in total. The number of hydrogen-bond acceptors (Lipinski definition) is 4. The normalized spacial score (nSPS) is 18.7. The van der Waals surface area contributed by atoms with Crippen LogP contribution in [0.3, 0.4) is 0 Å². The predicted molar refractivity (Wildman–Crippen MR) is 92.7 cm³/mol. The van der Waals surface area contributed by atoms with Crippen LogP contribution in [0.1, 0.15) is 36.1 Å². The van der Waals surface area contributed by atoms with Crippen molar-refractivity contribution in [2.24, 2.45) is 0 Å². The number of benzene rings is 2. The monoisotopic (exact) mass is 325 g/mol. The molecule has 0 saturated carbocycles. The highest BCUT2D eigenvalue weighted by atomic mass is 16.5. The molecule has 1 N–H and O–H groups in total. The fourth-order valence-electron chi connectivity index (χ4n) is 3.21. The Morgan fingerprint density at radius 3 is 2.79 bits per heavy atom. The van der Waals surface area contributed by atoms with Gasteiger partial charge in [-0.05, 0) is 41.7 Å². The van der Waals surface area contributed by atoms with Gasteiger partial charge in [0.05, 0.1) is 6.04 Å². The van der Waals surface area contributed by atoms with Gasteiger partial charge in [-0.15, -0.1) is 0 Å². The van der Waals surface area contributed by atoms with E-state index < -0.39 is 6.23 Å². The van der Waals surface area contributed by atoms with Crippen molar-refractivity contribution in [3.05, 3.63) is 65.2 Å². The van der Waals surface area contributed by atoms with Crippen molar-refractivity contribution in [1.82, 2.24) is 4.90 Å². The summed E-state index contributed by atoms with van der Waals surface area (Å²) in [6, 6.07) is 15.5. The summed E-state index contributed by atoms with van der Waals surface area (Å²) < 4.78 is 5.87. The van der Waals surface area contributed by atoms with Crippen molar-refractivity contribution in [2.45, 2.75) is 38.6 Å². The quantitative estimate of drug-likeness (QED) is 0.829. The number of aldehydes is 1. The van der Waals surface area contributed by atoms with Crippen LogP contribution in [0, 0.1) is 0 Å². The first-order valence-corrected chi connectivity index (χ1v) is 8.41.